The Morgan fingerprint density at radius 2 is 2.36 bits per heavy atom. The molecule has 0 aromatic carbocycles. The summed E-state index contributed by atoms with van der Waals surface area (Å²) in [6.45, 7) is 4.26. The quantitative estimate of drug-likeness (QED) is 0.524. The van der Waals surface area contributed by atoms with Gasteiger partial charge in [-0.2, -0.15) is 0 Å². The van der Waals surface area contributed by atoms with Gasteiger partial charge in [-0.05, 0) is 25.7 Å². The van der Waals surface area contributed by atoms with E-state index in [-0.39, 0.29) is 5.41 Å². The van der Waals surface area contributed by atoms with Crippen LogP contribution in [0, 0.1) is 11.3 Å². The summed E-state index contributed by atoms with van der Waals surface area (Å²) in [6.07, 6.45) is 5.35. The molecule has 2 aliphatic rings. The average Bonchev–Trinajstić information content (AvgIpc) is 2.25. The second kappa shape index (κ2) is 1.96. The van der Waals surface area contributed by atoms with E-state index in [0.29, 0.717) is 11.7 Å². The first-order chi connectivity index (χ1) is 5.16. The van der Waals surface area contributed by atoms with Gasteiger partial charge in [0.25, 0.3) is 0 Å². The van der Waals surface area contributed by atoms with E-state index in [1.54, 1.807) is 0 Å². The summed E-state index contributed by atoms with van der Waals surface area (Å²) in [5, 5.41) is 0. The first kappa shape index (κ1) is 7.08. The van der Waals surface area contributed by atoms with Crippen molar-refractivity contribution in [1.29, 1.82) is 0 Å². The molecule has 0 saturated heterocycles. The van der Waals surface area contributed by atoms with Gasteiger partial charge in [-0.15, -0.1) is 0 Å². The zero-order chi connectivity index (χ0) is 8.06. The molecule has 0 heterocycles. The number of rotatable bonds is 1. The Morgan fingerprint density at radius 3 is 2.82 bits per heavy atom. The maximum Gasteiger partial charge on any atom is 0.143 e. The molecule has 0 spiro atoms. The van der Waals surface area contributed by atoms with Gasteiger partial charge in [0.1, 0.15) is 5.78 Å². The summed E-state index contributed by atoms with van der Waals surface area (Å²) in [5.74, 6) is 1.11. The minimum absolute atomic E-state index is 0.0364. The smallest absolute Gasteiger partial charge is 0.143 e. The summed E-state index contributed by atoms with van der Waals surface area (Å²) in [7, 11) is 0. The second-order valence-electron chi connectivity index (χ2n) is 3.97. The number of ketones is 1. The second-order valence-corrected chi connectivity index (χ2v) is 3.97. The summed E-state index contributed by atoms with van der Waals surface area (Å²) < 4.78 is 0. The molecule has 2 aliphatic carbocycles. The Morgan fingerprint density at radius 1 is 1.64 bits per heavy atom. The van der Waals surface area contributed by atoms with Crippen LogP contribution in [0.4, 0.5) is 0 Å². The maximum atomic E-state index is 11.3. The molecule has 0 N–H and O–H groups in total. The molecular weight excluding hydrogens is 136 g/mol. The molecule has 1 nitrogen and oxygen atoms in total. The van der Waals surface area contributed by atoms with Crippen LogP contribution >= 0.6 is 0 Å². The Balaban J connectivity index is 2.26. The topological polar surface area (TPSA) is 17.1 Å². The maximum absolute atomic E-state index is 11.3. The fraction of sp³-hybridized carbons (Fsp3) is 0.700. The van der Waals surface area contributed by atoms with Gasteiger partial charge < -0.3 is 0 Å². The third-order valence-electron chi connectivity index (χ3n) is 3.35. The molecule has 60 valence electrons. The normalized spacial score (nSPS) is 41.5. The predicted molar refractivity (Wildman–Crippen MR) is 44.2 cm³/mol. The Kier molecular flexibility index (Phi) is 1.26. The van der Waals surface area contributed by atoms with Crippen molar-refractivity contribution in [3.05, 3.63) is 11.6 Å². The van der Waals surface area contributed by atoms with Gasteiger partial charge in [0, 0.05) is 11.8 Å². The van der Waals surface area contributed by atoms with Crippen molar-refractivity contribution in [2.24, 2.45) is 11.3 Å². The van der Waals surface area contributed by atoms with Crippen molar-refractivity contribution >= 4 is 5.78 Å². The van der Waals surface area contributed by atoms with E-state index in [4.69, 9.17) is 0 Å². The average molecular weight is 150 g/mol. The highest BCUT2D eigenvalue weighted by molar-refractivity contribution is 5.94. The van der Waals surface area contributed by atoms with Gasteiger partial charge in [-0.3, -0.25) is 4.79 Å². The Hall–Kier alpha value is -0.590. The lowest BCUT2D eigenvalue weighted by Crippen LogP contribution is -2.43. The number of hydrogen-bond donors (Lipinski definition) is 0. The molecule has 1 fully saturated rings. The number of hydrogen-bond acceptors (Lipinski definition) is 1. The molecule has 1 heteroatoms. The van der Waals surface area contributed by atoms with Gasteiger partial charge in [-0.1, -0.05) is 18.6 Å². The number of allylic oxidation sites excluding steroid dienone is 2. The minimum atomic E-state index is -0.0364. The molecule has 0 amide bonds. The fourth-order valence-electron chi connectivity index (χ4n) is 2.28. The van der Waals surface area contributed by atoms with Crippen molar-refractivity contribution in [3.63, 3.8) is 0 Å². The molecule has 0 bridgehead atoms. The molecule has 0 radical (unpaired) electrons. The van der Waals surface area contributed by atoms with Crippen LogP contribution in [0.1, 0.15) is 33.1 Å². The summed E-state index contributed by atoms with van der Waals surface area (Å²) >= 11 is 0. The first-order valence-electron chi connectivity index (χ1n) is 4.40. The number of carbonyl (C=O) groups excluding carboxylic acids is 1. The number of Topliss-reactive ketones (excluding diaryl/α,β-unsaturated/α-hetero) is 1. The Labute approximate surface area is 67.5 Å². The van der Waals surface area contributed by atoms with Gasteiger partial charge >= 0.3 is 0 Å². The molecule has 11 heavy (non-hydrogen) atoms. The highest BCUT2D eigenvalue weighted by Crippen LogP contribution is 2.53. The van der Waals surface area contributed by atoms with E-state index < -0.39 is 0 Å². The number of fused-ring (bicyclic) bond motifs is 1. The fourth-order valence-corrected chi connectivity index (χ4v) is 2.28. The van der Waals surface area contributed by atoms with Crippen molar-refractivity contribution in [2.45, 2.75) is 33.1 Å². The third-order valence-corrected chi connectivity index (χ3v) is 3.35. The summed E-state index contributed by atoms with van der Waals surface area (Å²) in [5.41, 5.74) is 1.45. The summed E-state index contributed by atoms with van der Waals surface area (Å²) in [4.78, 5) is 11.3. The lowest BCUT2D eigenvalue weighted by Gasteiger charge is -2.39. The molecule has 0 aromatic heterocycles. The number of carbonyl (C=O) groups is 1. The van der Waals surface area contributed by atoms with Crippen LogP contribution in [0.15, 0.2) is 11.6 Å². The van der Waals surface area contributed by atoms with E-state index in [9.17, 15) is 4.79 Å². The molecule has 2 rings (SSSR count). The van der Waals surface area contributed by atoms with Crippen LogP contribution < -0.4 is 0 Å². The lowest BCUT2D eigenvalue weighted by atomic mass is 9.62. The SMILES string of the molecule is CCC1=C[C@]2(C)C(=O)C[C@@H]2C1. The third kappa shape index (κ3) is 0.741. The van der Waals surface area contributed by atoms with Gasteiger partial charge in [0.05, 0.1) is 0 Å². The standard InChI is InChI=1S/C10H14O/c1-3-7-4-8-5-9(11)10(8,2)6-7/h6,8H,3-5H2,1-2H3/t8-,10-/m0/s1. The Bertz CT molecular complexity index is 239. The van der Waals surface area contributed by atoms with E-state index in [1.807, 2.05) is 0 Å². The zero-order valence-electron chi connectivity index (χ0n) is 7.18. The van der Waals surface area contributed by atoms with Crippen molar-refractivity contribution in [3.8, 4) is 0 Å². The zero-order valence-corrected chi connectivity index (χ0v) is 7.18. The van der Waals surface area contributed by atoms with Crippen molar-refractivity contribution < 1.29 is 4.79 Å². The highest BCUT2D eigenvalue weighted by atomic mass is 16.1. The van der Waals surface area contributed by atoms with E-state index in [1.165, 1.54) is 12.0 Å². The minimum Gasteiger partial charge on any atom is -0.299 e. The van der Waals surface area contributed by atoms with Crippen LogP contribution in [-0.2, 0) is 4.79 Å². The lowest BCUT2D eigenvalue weighted by molar-refractivity contribution is -0.138. The first-order valence-corrected chi connectivity index (χ1v) is 4.40. The summed E-state index contributed by atoms with van der Waals surface area (Å²) in [6, 6.07) is 0. The predicted octanol–water partition coefficient (Wildman–Crippen LogP) is 2.32. The molecule has 0 aromatic rings. The molecule has 0 aliphatic heterocycles. The van der Waals surface area contributed by atoms with E-state index in [2.05, 4.69) is 19.9 Å². The van der Waals surface area contributed by atoms with Crippen LogP contribution in [0.25, 0.3) is 0 Å². The van der Waals surface area contributed by atoms with E-state index in [0.717, 1.165) is 12.8 Å². The van der Waals surface area contributed by atoms with Crippen LogP contribution in [0.2, 0.25) is 0 Å². The van der Waals surface area contributed by atoms with Crippen LogP contribution in [0.3, 0.4) is 0 Å². The largest absolute Gasteiger partial charge is 0.299 e. The van der Waals surface area contributed by atoms with Gasteiger partial charge in [0.2, 0.25) is 0 Å². The van der Waals surface area contributed by atoms with Crippen molar-refractivity contribution in [1.82, 2.24) is 0 Å². The van der Waals surface area contributed by atoms with Gasteiger partial charge in [0.15, 0.2) is 0 Å². The van der Waals surface area contributed by atoms with Crippen LogP contribution in [-0.4, -0.2) is 5.78 Å². The highest BCUT2D eigenvalue weighted by Gasteiger charge is 2.52. The van der Waals surface area contributed by atoms with E-state index >= 15 is 0 Å². The van der Waals surface area contributed by atoms with Gasteiger partial charge in [-0.25, -0.2) is 0 Å². The monoisotopic (exact) mass is 150 g/mol. The molecular formula is C10H14O. The molecule has 2 atom stereocenters. The molecule has 0 unspecified atom stereocenters. The molecule has 1 saturated carbocycles. The van der Waals surface area contributed by atoms with Crippen LogP contribution in [0.5, 0.6) is 0 Å². The van der Waals surface area contributed by atoms with Crippen molar-refractivity contribution in [2.75, 3.05) is 0 Å².